The van der Waals surface area contributed by atoms with Crippen molar-refractivity contribution in [2.75, 3.05) is 0 Å². The molecular weight excluding hydrogens is 353 g/mol. The summed E-state index contributed by atoms with van der Waals surface area (Å²) in [5.41, 5.74) is 1.61. The third kappa shape index (κ3) is 5.06. The van der Waals surface area contributed by atoms with Gasteiger partial charge in [0.2, 0.25) is 0 Å². The summed E-state index contributed by atoms with van der Waals surface area (Å²) in [6, 6.07) is 10.1. The first-order valence-corrected chi connectivity index (χ1v) is 11.9. The van der Waals surface area contributed by atoms with Crippen molar-refractivity contribution in [3.05, 3.63) is 48.0 Å². The Labute approximate surface area is 152 Å². The van der Waals surface area contributed by atoms with E-state index in [2.05, 4.69) is 18.2 Å². The van der Waals surface area contributed by atoms with Gasteiger partial charge < -0.3 is 0 Å². The van der Waals surface area contributed by atoms with Crippen LogP contribution in [0.25, 0.3) is 0 Å². The van der Waals surface area contributed by atoms with E-state index in [1.54, 1.807) is 0 Å². The molecule has 0 spiro atoms. The number of carbonyl (C=O) groups excluding carboxylic acids is 1. The van der Waals surface area contributed by atoms with E-state index in [-0.39, 0.29) is 23.9 Å². The van der Waals surface area contributed by atoms with Crippen molar-refractivity contribution in [1.82, 2.24) is 0 Å². The van der Waals surface area contributed by atoms with Crippen LogP contribution in [0.5, 0.6) is 0 Å². The van der Waals surface area contributed by atoms with E-state index >= 15 is 0 Å². The van der Waals surface area contributed by atoms with Crippen molar-refractivity contribution >= 4 is 29.3 Å². The Morgan fingerprint density at radius 3 is 2.92 bits per heavy atom. The third-order valence-electron chi connectivity index (χ3n) is 5.06. The summed E-state index contributed by atoms with van der Waals surface area (Å²) in [5, 5.41) is 10.3. The average molecular weight is 376 g/mol. The van der Waals surface area contributed by atoms with Crippen molar-refractivity contribution < 1.29 is 19.3 Å². The fourth-order valence-corrected chi connectivity index (χ4v) is 6.79. The second-order valence-corrected chi connectivity index (χ2v) is 9.99. The van der Waals surface area contributed by atoms with Gasteiger partial charge in [-0.05, 0) is 0 Å². The number of hydrogen-bond donors (Lipinski definition) is 1. The van der Waals surface area contributed by atoms with Gasteiger partial charge in [-0.1, -0.05) is 6.07 Å². The molecule has 4 unspecified atom stereocenters. The zero-order valence-electron chi connectivity index (χ0n) is 14.0. The van der Waals surface area contributed by atoms with E-state index in [4.69, 9.17) is 4.74 Å². The number of aliphatic hydroxyl groups excluding tert-OH is 1. The molecule has 1 saturated heterocycles. The van der Waals surface area contributed by atoms with Gasteiger partial charge in [-0.3, -0.25) is 0 Å². The molecule has 1 N–H and O–H groups in total. The Hall–Kier alpha value is -0.885. The SMILES string of the molecule is O=BPP[C@@H]1CC2OC(=O)C[C@@H]2[C@H]1/C=C/C(O)CCc1ccccc1. The monoisotopic (exact) mass is 376 g/mol. The van der Waals surface area contributed by atoms with Crippen molar-refractivity contribution in [1.29, 1.82) is 0 Å². The van der Waals surface area contributed by atoms with Gasteiger partial charge in [0.1, 0.15) is 0 Å². The van der Waals surface area contributed by atoms with E-state index in [9.17, 15) is 14.6 Å². The van der Waals surface area contributed by atoms with Gasteiger partial charge in [0, 0.05) is 0 Å². The van der Waals surface area contributed by atoms with Crippen molar-refractivity contribution in [2.24, 2.45) is 11.8 Å². The number of aryl methyl sites for hydroxylation is 1. The number of fused-ring (bicyclic) bond motifs is 1. The van der Waals surface area contributed by atoms with Crippen LogP contribution in [0.4, 0.5) is 0 Å². The quantitative estimate of drug-likeness (QED) is 0.328. The zero-order valence-corrected chi connectivity index (χ0v) is 16.0. The molecule has 4 nitrogen and oxygen atoms in total. The predicted octanol–water partition coefficient (Wildman–Crippen LogP) is 3.09. The molecule has 1 saturated carbocycles. The first-order chi connectivity index (χ1) is 12.2. The number of ether oxygens (including phenoxy) is 1. The molecule has 7 heteroatoms. The van der Waals surface area contributed by atoms with E-state index in [1.165, 1.54) is 5.56 Å². The molecular formula is C18H23BO4P2. The number of carbonyl (C=O) groups is 1. The molecule has 1 aliphatic carbocycles. The maximum atomic E-state index is 11.6. The Balaban J connectivity index is 1.58. The van der Waals surface area contributed by atoms with E-state index < -0.39 is 6.10 Å². The molecule has 1 aliphatic heterocycles. The Morgan fingerprint density at radius 2 is 2.16 bits per heavy atom. The van der Waals surface area contributed by atoms with Crippen LogP contribution in [-0.4, -0.2) is 35.8 Å². The van der Waals surface area contributed by atoms with Crippen LogP contribution in [0.3, 0.4) is 0 Å². The minimum atomic E-state index is -0.491. The van der Waals surface area contributed by atoms with E-state index in [0.717, 1.165) is 19.7 Å². The van der Waals surface area contributed by atoms with Crippen LogP contribution in [0, 0.1) is 11.8 Å². The number of allylic oxidation sites excluding steroid dienone is 1. The molecule has 0 radical (unpaired) electrons. The van der Waals surface area contributed by atoms with Crippen LogP contribution in [0.2, 0.25) is 0 Å². The van der Waals surface area contributed by atoms with Crippen LogP contribution < -0.4 is 0 Å². The van der Waals surface area contributed by atoms with Crippen LogP contribution in [0.1, 0.15) is 24.8 Å². The number of hydrogen-bond acceptors (Lipinski definition) is 4. The molecule has 1 aromatic carbocycles. The Bertz CT molecular complexity index is 625. The summed E-state index contributed by atoms with van der Waals surface area (Å²) in [4.78, 5) is 11.6. The molecule has 0 bridgehead atoms. The first-order valence-electron chi connectivity index (χ1n) is 8.72. The minimum absolute atomic E-state index is 0.00226. The standard InChI is InChI=1S/C18H23BO4P2/c20-13(7-6-12-4-2-1-3-5-12)8-9-14-15-10-18(21)23-16(15)11-17(14)24-25-19-22/h1-5,8-9,13-17,20,24-25H,6-7,10-11H2/b9-8+/t13?,14-,15-,16?,17-/m1/s1. The van der Waals surface area contributed by atoms with Crippen LogP contribution in [-0.2, 0) is 20.7 Å². The zero-order chi connectivity index (χ0) is 17.6. The number of aliphatic hydroxyl groups is 1. The molecule has 2 fully saturated rings. The van der Waals surface area contributed by atoms with Gasteiger partial charge >= 0.3 is 146 Å². The molecule has 3 rings (SSSR count). The van der Waals surface area contributed by atoms with E-state index in [1.807, 2.05) is 24.3 Å². The topological polar surface area (TPSA) is 63.6 Å². The van der Waals surface area contributed by atoms with Crippen molar-refractivity contribution in [2.45, 2.75) is 43.6 Å². The summed E-state index contributed by atoms with van der Waals surface area (Å²) in [7, 11) is 0.909. The average Bonchev–Trinajstić information content (AvgIpc) is 3.13. The number of benzene rings is 1. The van der Waals surface area contributed by atoms with E-state index in [0.29, 0.717) is 34.9 Å². The van der Waals surface area contributed by atoms with Gasteiger partial charge in [-0.25, -0.2) is 0 Å². The molecule has 132 valence electrons. The van der Waals surface area contributed by atoms with Crippen molar-refractivity contribution in [3.8, 4) is 0 Å². The van der Waals surface area contributed by atoms with Gasteiger partial charge in [-0.2, -0.15) is 0 Å². The number of esters is 1. The maximum absolute atomic E-state index is 11.6. The summed E-state index contributed by atoms with van der Waals surface area (Å²) in [6.45, 7) is 0.994. The van der Waals surface area contributed by atoms with Crippen LogP contribution in [0.15, 0.2) is 42.5 Å². The summed E-state index contributed by atoms with van der Waals surface area (Å²) in [5.74, 6) is 0.324. The summed E-state index contributed by atoms with van der Waals surface area (Å²) in [6.07, 6.45) is 6.29. The fraction of sp³-hybridized carbons (Fsp3) is 0.500. The van der Waals surface area contributed by atoms with Gasteiger partial charge in [-0.15, -0.1) is 0 Å². The molecule has 1 aromatic rings. The number of rotatable bonds is 8. The second-order valence-electron chi connectivity index (χ2n) is 6.70. The summed E-state index contributed by atoms with van der Waals surface area (Å²) < 4.78 is 16.2. The Kier molecular flexibility index (Phi) is 6.93. The van der Waals surface area contributed by atoms with Gasteiger partial charge in [0.05, 0.1) is 0 Å². The first kappa shape index (κ1) is 18.9. The van der Waals surface area contributed by atoms with Gasteiger partial charge in [0.15, 0.2) is 0 Å². The third-order valence-corrected chi connectivity index (χ3v) is 8.30. The molecule has 25 heavy (non-hydrogen) atoms. The molecule has 0 amide bonds. The summed E-state index contributed by atoms with van der Waals surface area (Å²) >= 11 is 0. The van der Waals surface area contributed by atoms with Gasteiger partial charge in [0.25, 0.3) is 0 Å². The Morgan fingerprint density at radius 1 is 1.36 bits per heavy atom. The normalized spacial score (nSPS) is 30.4. The van der Waals surface area contributed by atoms with Crippen molar-refractivity contribution in [3.63, 3.8) is 0 Å². The molecule has 0 aromatic heterocycles. The molecule has 2 aliphatic rings. The van der Waals surface area contributed by atoms with Crippen LogP contribution >= 0.6 is 16.4 Å². The molecule has 7 atom stereocenters. The fourth-order valence-electron chi connectivity index (χ4n) is 3.83. The second kappa shape index (κ2) is 9.17. The predicted molar refractivity (Wildman–Crippen MR) is 103 cm³/mol. The molecule has 1 heterocycles.